The van der Waals surface area contributed by atoms with Crippen LogP contribution in [0.3, 0.4) is 0 Å². The van der Waals surface area contributed by atoms with Crippen molar-refractivity contribution in [1.82, 2.24) is 0 Å². The van der Waals surface area contributed by atoms with Crippen molar-refractivity contribution in [2.24, 2.45) is 0 Å². The molecule has 0 aliphatic rings. The number of aryl methyl sites for hydroxylation is 1. The van der Waals surface area contributed by atoms with Crippen molar-refractivity contribution >= 4 is 5.57 Å². The summed E-state index contributed by atoms with van der Waals surface area (Å²) in [4.78, 5) is 0. The van der Waals surface area contributed by atoms with Gasteiger partial charge in [0.2, 0.25) is 0 Å². The highest BCUT2D eigenvalue weighted by Crippen LogP contribution is 2.27. The summed E-state index contributed by atoms with van der Waals surface area (Å²) in [5.74, 6) is 0.329. The summed E-state index contributed by atoms with van der Waals surface area (Å²) >= 11 is 0. The second-order valence-electron chi connectivity index (χ2n) is 3.05. The van der Waals surface area contributed by atoms with E-state index in [1.165, 1.54) is 0 Å². The van der Waals surface area contributed by atoms with Crippen molar-refractivity contribution in [3.63, 3.8) is 0 Å². The van der Waals surface area contributed by atoms with Crippen LogP contribution in [-0.4, -0.2) is 5.11 Å². The Hall–Kier alpha value is -1.50. The van der Waals surface area contributed by atoms with Crippen LogP contribution in [0.1, 0.15) is 18.1 Å². The molecule has 0 fully saturated rings. The van der Waals surface area contributed by atoms with Crippen molar-refractivity contribution in [2.75, 3.05) is 0 Å². The average molecular weight is 174 g/mol. The highest BCUT2D eigenvalue weighted by molar-refractivity contribution is 5.72. The standard InChI is InChI=1S/C12H14O/c1-4-6-9(2)12-10(3)7-5-8-11(12)13/h4-8,13H,1H2,2-3H3/b9-6-. The smallest absolute Gasteiger partial charge is 0.123 e. The first-order valence-electron chi connectivity index (χ1n) is 4.25. The minimum atomic E-state index is 0.329. The van der Waals surface area contributed by atoms with Gasteiger partial charge in [-0.25, -0.2) is 0 Å². The molecule has 0 amide bonds. The molecule has 1 heteroatoms. The molecule has 0 radical (unpaired) electrons. The molecule has 1 rings (SSSR count). The molecule has 0 unspecified atom stereocenters. The molecule has 0 saturated heterocycles. The predicted molar refractivity (Wildman–Crippen MR) is 56.7 cm³/mol. The number of benzene rings is 1. The highest BCUT2D eigenvalue weighted by atomic mass is 16.3. The number of hydrogen-bond acceptors (Lipinski definition) is 1. The minimum Gasteiger partial charge on any atom is -0.507 e. The van der Waals surface area contributed by atoms with Crippen molar-refractivity contribution in [1.29, 1.82) is 0 Å². The Morgan fingerprint density at radius 2 is 2.15 bits per heavy atom. The Labute approximate surface area is 79.0 Å². The third-order valence-electron chi connectivity index (χ3n) is 2.01. The van der Waals surface area contributed by atoms with Gasteiger partial charge in [0.25, 0.3) is 0 Å². The van der Waals surface area contributed by atoms with Crippen LogP contribution in [0.2, 0.25) is 0 Å². The molecule has 1 N–H and O–H groups in total. The van der Waals surface area contributed by atoms with Crippen molar-refractivity contribution in [3.05, 3.63) is 48.1 Å². The number of rotatable bonds is 2. The lowest BCUT2D eigenvalue weighted by molar-refractivity contribution is 0.473. The van der Waals surface area contributed by atoms with Gasteiger partial charge in [-0.05, 0) is 31.1 Å². The number of phenolic OH excluding ortho intramolecular Hbond substituents is 1. The zero-order valence-corrected chi connectivity index (χ0v) is 8.04. The third kappa shape index (κ3) is 2.00. The normalized spacial score (nSPS) is 11.4. The summed E-state index contributed by atoms with van der Waals surface area (Å²) in [6.07, 6.45) is 3.61. The highest BCUT2D eigenvalue weighted by Gasteiger charge is 2.04. The third-order valence-corrected chi connectivity index (χ3v) is 2.01. The topological polar surface area (TPSA) is 20.2 Å². The monoisotopic (exact) mass is 174 g/mol. The quantitative estimate of drug-likeness (QED) is 0.682. The van der Waals surface area contributed by atoms with Crippen LogP contribution < -0.4 is 0 Å². The van der Waals surface area contributed by atoms with Crippen LogP contribution in [0, 0.1) is 6.92 Å². The molecule has 0 aliphatic carbocycles. The maximum absolute atomic E-state index is 9.61. The van der Waals surface area contributed by atoms with Crippen molar-refractivity contribution in [2.45, 2.75) is 13.8 Å². The molecule has 0 saturated carbocycles. The molecule has 0 spiro atoms. The molecular weight excluding hydrogens is 160 g/mol. The number of phenols is 1. The van der Waals surface area contributed by atoms with Crippen LogP contribution in [0.25, 0.3) is 5.57 Å². The molecule has 68 valence electrons. The number of allylic oxidation sites excluding steroid dienone is 3. The predicted octanol–water partition coefficient (Wildman–Crippen LogP) is 3.29. The summed E-state index contributed by atoms with van der Waals surface area (Å²) in [5, 5.41) is 9.61. The van der Waals surface area contributed by atoms with Gasteiger partial charge in [0.15, 0.2) is 0 Å². The van der Waals surface area contributed by atoms with Crippen LogP contribution in [0.5, 0.6) is 5.75 Å². The Kier molecular flexibility index (Phi) is 2.91. The maximum Gasteiger partial charge on any atom is 0.123 e. The van der Waals surface area contributed by atoms with Gasteiger partial charge in [0.1, 0.15) is 5.75 Å². The Balaban J connectivity index is 3.27. The fourth-order valence-corrected chi connectivity index (χ4v) is 1.43. The Morgan fingerprint density at radius 1 is 1.46 bits per heavy atom. The molecular formula is C12H14O. The van der Waals surface area contributed by atoms with E-state index in [0.717, 1.165) is 16.7 Å². The van der Waals surface area contributed by atoms with Crippen molar-refractivity contribution < 1.29 is 5.11 Å². The SMILES string of the molecule is C=C/C=C(/C)c1c(C)cccc1O. The average Bonchev–Trinajstić information content (AvgIpc) is 2.04. The summed E-state index contributed by atoms with van der Waals surface area (Å²) in [6.45, 7) is 7.57. The van der Waals surface area contributed by atoms with Gasteiger partial charge in [-0.2, -0.15) is 0 Å². The fourth-order valence-electron chi connectivity index (χ4n) is 1.43. The molecule has 0 bridgehead atoms. The van der Waals surface area contributed by atoms with E-state index in [1.807, 2.05) is 32.1 Å². The Morgan fingerprint density at radius 3 is 2.69 bits per heavy atom. The lowest BCUT2D eigenvalue weighted by atomic mass is 10.0. The van der Waals surface area contributed by atoms with E-state index in [2.05, 4.69) is 6.58 Å². The lowest BCUT2D eigenvalue weighted by Crippen LogP contribution is -1.85. The summed E-state index contributed by atoms with van der Waals surface area (Å²) in [6, 6.07) is 5.52. The van der Waals surface area contributed by atoms with Crippen molar-refractivity contribution in [3.8, 4) is 5.75 Å². The van der Waals surface area contributed by atoms with Crippen LogP contribution in [0.15, 0.2) is 36.9 Å². The van der Waals surface area contributed by atoms with Gasteiger partial charge in [-0.3, -0.25) is 0 Å². The fraction of sp³-hybridized carbons (Fsp3) is 0.167. The number of aromatic hydroxyl groups is 1. The first kappa shape index (κ1) is 9.59. The van der Waals surface area contributed by atoms with Crippen LogP contribution >= 0.6 is 0 Å². The van der Waals surface area contributed by atoms with Gasteiger partial charge in [-0.15, -0.1) is 0 Å². The zero-order chi connectivity index (χ0) is 9.84. The second-order valence-corrected chi connectivity index (χ2v) is 3.05. The minimum absolute atomic E-state index is 0.329. The van der Waals surface area contributed by atoms with E-state index in [-0.39, 0.29) is 0 Å². The number of hydrogen-bond donors (Lipinski definition) is 1. The van der Waals surface area contributed by atoms with Crippen LogP contribution in [-0.2, 0) is 0 Å². The van der Waals surface area contributed by atoms with Gasteiger partial charge >= 0.3 is 0 Å². The Bertz CT molecular complexity index is 328. The molecule has 13 heavy (non-hydrogen) atoms. The molecule has 1 aromatic carbocycles. The van der Waals surface area contributed by atoms with E-state index in [1.54, 1.807) is 12.1 Å². The van der Waals surface area contributed by atoms with Crippen LogP contribution in [0.4, 0.5) is 0 Å². The van der Waals surface area contributed by atoms with Gasteiger partial charge in [-0.1, -0.05) is 30.9 Å². The van der Waals surface area contributed by atoms with E-state index in [4.69, 9.17) is 0 Å². The zero-order valence-electron chi connectivity index (χ0n) is 8.04. The largest absolute Gasteiger partial charge is 0.507 e. The maximum atomic E-state index is 9.61. The summed E-state index contributed by atoms with van der Waals surface area (Å²) in [5.41, 5.74) is 3.02. The van der Waals surface area contributed by atoms with Gasteiger partial charge < -0.3 is 5.11 Å². The molecule has 0 heterocycles. The van der Waals surface area contributed by atoms with E-state index >= 15 is 0 Å². The van der Waals surface area contributed by atoms with Gasteiger partial charge in [0.05, 0.1) is 0 Å². The second kappa shape index (κ2) is 3.94. The first-order chi connectivity index (χ1) is 6.16. The van der Waals surface area contributed by atoms with E-state index in [9.17, 15) is 5.11 Å². The molecule has 1 nitrogen and oxygen atoms in total. The lowest BCUT2D eigenvalue weighted by Gasteiger charge is -2.07. The molecule has 0 aromatic heterocycles. The van der Waals surface area contributed by atoms with E-state index in [0.29, 0.717) is 5.75 Å². The van der Waals surface area contributed by atoms with Gasteiger partial charge in [0, 0.05) is 5.56 Å². The molecule has 1 aromatic rings. The summed E-state index contributed by atoms with van der Waals surface area (Å²) < 4.78 is 0. The first-order valence-corrected chi connectivity index (χ1v) is 4.25. The molecule has 0 atom stereocenters. The van der Waals surface area contributed by atoms with E-state index < -0.39 is 0 Å². The molecule has 0 aliphatic heterocycles. The summed E-state index contributed by atoms with van der Waals surface area (Å²) in [7, 11) is 0.